The maximum atomic E-state index is 12.2. The summed E-state index contributed by atoms with van der Waals surface area (Å²) < 4.78 is 6.69. The smallest absolute Gasteiger partial charge is 0.354 e. The van der Waals surface area contributed by atoms with E-state index in [1.165, 1.54) is 25.1 Å². The minimum Gasteiger partial charge on any atom is -0.502 e. The van der Waals surface area contributed by atoms with Crippen molar-refractivity contribution in [2.75, 3.05) is 12.4 Å². The Morgan fingerprint density at radius 3 is 2.36 bits per heavy atom. The van der Waals surface area contributed by atoms with Crippen molar-refractivity contribution in [3.63, 3.8) is 0 Å². The number of nitrogens with two attached hydrogens (primary N) is 1. The van der Waals surface area contributed by atoms with E-state index in [0.29, 0.717) is 6.07 Å². The van der Waals surface area contributed by atoms with Gasteiger partial charge in [-0.1, -0.05) is 11.6 Å². The van der Waals surface area contributed by atoms with Gasteiger partial charge in [0, 0.05) is 23.9 Å². The van der Waals surface area contributed by atoms with Crippen LogP contribution in [0.2, 0.25) is 5.02 Å². The normalized spacial score (nSPS) is 9.78. The molecule has 3 rings (SSSR count). The van der Waals surface area contributed by atoms with E-state index < -0.39 is 38.2 Å². The summed E-state index contributed by atoms with van der Waals surface area (Å²) in [4.78, 5) is 43.1. The summed E-state index contributed by atoms with van der Waals surface area (Å²) in [5, 5.41) is 47.0. The van der Waals surface area contributed by atoms with Gasteiger partial charge in [-0.3, -0.25) is 25.0 Å². The lowest BCUT2D eigenvalue weighted by atomic mass is 10.2. The van der Waals surface area contributed by atoms with Crippen molar-refractivity contribution < 1.29 is 19.7 Å². The Labute approximate surface area is 205 Å². The molecule has 1 heterocycles. The predicted molar refractivity (Wildman–Crippen MR) is 123 cm³/mol. The second kappa shape index (κ2) is 11.1. The predicted octanol–water partition coefficient (Wildman–Crippen LogP) is 1.66. The zero-order valence-corrected chi connectivity index (χ0v) is 18.9. The highest BCUT2D eigenvalue weighted by molar-refractivity contribution is 6.32. The van der Waals surface area contributed by atoms with Crippen molar-refractivity contribution in [2.24, 2.45) is 0 Å². The van der Waals surface area contributed by atoms with Crippen LogP contribution in [-0.4, -0.2) is 30.8 Å². The molecule has 0 aliphatic heterocycles. The van der Waals surface area contributed by atoms with Gasteiger partial charge in [0.05, 0.1) is 32.2 Å². The van der Waals surface area contributed by atoms with Crippen molar-refractivity contribution in [3.05, 3.63) is 93.7 Å². The third-order valence-electron chi connectivity index (χ3n) is 4.40. The van der Waals surface area contributed by atoms with Gasteiger partial charge in [-0.05, 0) is 19.1 Å². The van der Waals surface area contributed by atoms with E-state index in [9.17, 15) is 29.8 Å². The number of nitro benzene ring substituents is 2. The molecule has 0 saturated heterocycles. The molecule has 16 heteroatoms. The molecule has 3 N–H and O–H groups in total. The Morgan fingerprint density at radius 1 is 1.14 bits per heavy atom. The standard InChI is InChI=1S/C14H10ClN5O3.C6H4N2O5/c1-8-4-13(21)19(14(22)20(8)18)11-6-12(23-3-2-16)9(7-17)5-10(11)15;9-6-2-1-4(7(10)11)3-5(6)8(12)13/h4-6H,3,18H2,1H3;1-3,9H. The van der Waals surface area contributed by atoms with E-state index in [0.717, 1.165) is 21.4 Å². The molecule has 0 amide bonds. The Morgan fingerprint density at radius 2 is 1.81 bits per heavy atom. The second-order valence-corrected chi connectivity index (χ2v) is 7.06. The van der Waals surface area contributed by atoms with Crippen molar-refractivity contribution in [1.29, 1.82) is 10.5 Å². The molecule has 0 aliphatic carbocycles. The van der Waals surface area contributed by atoms with Crippen LogP contribution in [0.4, 0.5) is 11.4 Å². The summed E-state index contributed by atoms with van der Waals surface area (Å²) in [6.45, 7) is 1.20. The molecule has 0 bridgehead atoms. The highest BCUT2D eigenvalue weighted by atomic mass is 35.5. The molecule has 184 valence electrons. The van der Waals surface area contributed by atoms with E-state index in [-0.39, 0.29) is 34.3 Å². The van der Waals surface area contributed by atoms with E-state index in [2.05, 4.69) is 0 Å². The van der Waals surface area contributed by atoms with E-state index in [4.69, 9.17) is 37.8 Å². The number of nitriles is 2. The Balaban J connectivity index is 0.000000297. The number of nitrogens with zero attached hydrogens (tertiary/aromatic N) is 6. The summed E-state index contributed by atoms with van der Waals surface area (Å²) in [6.07, 6.45) is 0. The number of rotatable bonds is 5. The Kier molecular flexibility index (Phi) is 8.31. The number of benzene rings is 2. The van der Waals surface area contributed by atoms with Gasteiger partial charge in [0.2, 0.25) is 0 Å². The molecule has 15 nitrogen and oxygen atoms in total. The van der Waals surface area contributed by atoms with E-state index >= 15 is 0 Å². The first-order chi connectivity index (χ1) is 16.9. The van der Waals surface area contributed by atoms with Crippen LogP contribution >= 0.6 is 11.6 Å². The summed E-state index contributed by atoms with van der Waals surface area (Å²) in [7, 11) is 0. The van der Waals surface area contributed by atoms with Crippen LogP contribution in [0.3, 0.4) is 0 Å². The van der Waals surface area contributed by atoms with Crippen LogP contribution in [0.15, 0.2) is 46.0 Å². The van der Waals surface area contributed by atoms with E-state index in [1.54, 1.807) is 6.07 Å². The van der Waals surface area contributed by atoms with Gasteiger partial charge in [-0.15, -0.1) is 0 Å². The molecule has 2 aromatic carbocycles. The number of phenols is 1. The zero-order chi connectivity index (χ0) is 27.2. The van der Waals surface area contributed by atoms with Crippen molar-refractivity contribution in [2.45, 2.75) is 6.92 Å². The molecule has 0 saturated carbocycles. The first-order valence-electron chi connectivity index (χ1n) is 9.39. The molecular formula is C20H14ClN7O8. The molecule has 0 spiro atoms. The third kappa shape index (κ3) is 5.74. The van der Waals surface area contributed by atoms with Crippen LogP contribution in [0.25, 0.3) is 5.69 Å². The van der Waals surface area contributed by atoms with Gasteiger partial charge < -0.3 is 15.7 Å². The molecule has 0 fully saturated rings. The Hall–Kier alpha value is -5.41. The van der Waals surface area contributed by atoms with Gasteiger partial charge in [0.1, 0.15) is 17.9 Å². The molecule has 0 unspecified atom stereocenters. The number of nitro groups is 2. The van der Waals surface area contributed by atoms with Gasteiger partial charge in [-0.25, -0.2) is 14.0 Å². The quantitative estimate of drug-likeness (QED) is 0.281. The monoisotopic (exact) mass is 515 g/mol. The highest BCUT2D eigenvalue weighted by Gasteiger charge is 2.18. The number of hydrogen-bond donors (Lipinski definition) is 2. The topological polar surface area (TPSA) is 233 Å². The van der Waals surface area contributed by atoms with Crippen molar-refractivity contribution >= 4 is 23.0 Å². The lowest BCUT2D eigenvalue weighted by molar-refractivity contribution is -0.394. The average molecular weight is 516 g/mol. The minimum absolute atomic E-state index is 0.00564. The van der Waals surface area contributed by atoms with Crippen LogP contribution < -0.4 is 21.8 Å². The van der Waals surface area contributed by atoms with Crippen LogP contribution in [0.1, 0.15) is 11.3 Å². The first kappa shape index (κ1) is 26.8. The van der Waals surface area contributed by atoms with Crippen molar-refractivity contribution in [1.82, 2.24) is 9.24 Å². The zero-order valence-electron chi connectivity index (χ0n) is 18.1. The second-order valence-electron chi connectivity index (χ2n) is 6.66. The number of aryl methyl sites for hydroxylation is 1. The summed E-state index contributed by atoms with van der Waals surface area (Å²) in [5.41, 5.74) is -2.17. The number of non-ortho nitro benzene ring substituents is 1. The van der Waals surface area contributed by atoms with Crippen LogP contribution in [0, 0.1) is 49.8 Å². The van der Waals surface area contributed by atoms with Gasteiger partial charge >= 0.3 is 11.4 Å². The van der Waals surface area contributed by atoms with Gasteiger partial charge in [0.15, 0.2) is 12.4 Å². The number of hydrogen-bond acceptors (Lipinski definition) is 11. The molecule has 3 aromatic rings. The summed E-state index contributed by atoms with van der Waals surface area (Å²) in [6, 6.07) is 9.89. The molecule has 36 heavy (non-hydrogen) atoms. The summed E-state index contributed by atoms with van der Waals surface area (Å²) >= 11 is 6.06. The fourth-order valence-electron chi connectivity index (χ4n) is 2.69. The number of aromatic hydroxyl groups is 1. The number of aromatic nitrogens is 2. The van der Waals surface area contributed by atoms with Crippen molar-refractivity contribution in [3.8, 4) is 29.3 Å². The SMILES string of the molecule is Cc1cc(=O)n(-c2cc(OCC#N)c(C#N)cc2Cl)c(=O)n1N.O=[N+]([O-])c1ccc(O)c([N+](=O)[O-])c1. The molecule has 1 aromatic heterocycles. The minimum atomic E-state index is -0.887. The number of nitrogen functional groups attached to an aromatic ring is 1. The van der Waals surface area contributed by atoms with Gasteiger partial charge in [0.25, 0.3) is 11.2 Å². The maximum Gasteiger partial charge on any atom is 0.354 e. The highest BCUT2D eigenvalue weighted by Crippen LogP contribution is 2.29. The molecular weight excluding hydrogens is 502 g/mol. The molecule has 0 atom stereocenters. The number of ether oxygens (including phenoxy) is 1. The lowest BCUT2D eigenvalue weighted by Crippen LogP contribution is -2.42. The molecule has 0 radical (unpaired) electrons. The van der Waals surface area contributed by atoms with Crippen LogP contribution in [-0.2, 0) is 0 Å². The fraction of sp³-hybridized carbons (Fsp3) is 0.100. The fourth-order valence-corrected chi connectivity index (χ4v) is 2.94. The number of phenolic OH excluding ortho intramolecular Hbond substituents is 1. The Bertz CT molecular complexity index is 1570. The first-order valence-corrected chi connectivity index (χ1v) is 9.77. The lowest BCUT2D eigenvalue weighted by Gasteiger charge is -2.13. The van der Waals surface area contributed by atoms with E-state index in [1.807, 2.05) is 6.07 Å². The number of halogens is 1. The third-order valence-corrected chi connectivity index (χ3v) is 4.70. The summed E-state index contributed by atoms with van der Waals surface area (Å²) in [5.74, 6) is 5.03. The maximum absolute atomic E-state index is 12.2. The van der Waals surface area contributed by atoms with Gasteiger partial charge in [-0.2, -0.15) is 10.5 Å². The van der Waals surface area contributed by atoms with Crippen LogP contribution in [0.5, 0.6) is 11.5 Å². The molecule has 0 aliphatic rings. The average Bonchev–Trinajstić information content (AvgIpc) is 2.82. The largest absolute Gasteiger partial charge is 0.502 e.